The zero-order chi connectivity index (χ0) is 13.9. The fourth-order valence-electron chi connectivity index (χ4n) is 1.53. The van der Waals surface area contributed by atoms with Gasteiger partial charge in [-0.1, -0.05) is 32.6 Å². The Morgan fingerprint density at radius 1 is 1.11 bits per heavy atom. The van der Waals surface area contributed by atoms with E-state index in [1.807, 2.05) is 0 Å². The quantitative estimate of drug-likeness (QED) is 0.552. The predicted molar refractivity (Wildman–Crippen MR) is 73.0 cm³/mol. The third kappa shape index (κ3) is 13.9. The summed E-state index contributed by atoms with van der Waals surface area (Å²) < 4.78 is 31.9. The van der Waals surface area contributed by atoms with Crippen LogP contribution >= 0.6 is 0 Å². The lowest BCUT2D eigenvalue weighted by molar-refractivity contribution is 0.0116. The summed E-state index contributed by atoms with van der Waals surface area (Å²) in [6.45, 7) is 5.29. The zero-order valence-electron chi connectivity index (χ0n) is 11.6. The van der Waals surface area contributed by atoms with Crippen molar-refractivity contribution in [2.75, 3.05) is 25.6 Å². The Balaban J connectivity index is 3.27. The Labute approximate surface area is 111 Å². The Morgan fingerprint density at radius 2 is 1.83 bits per heavy atom. The summed E-state index contributed by atoms with van der Waals surface area (Å²) >= 11 is 0. The van der Waals surface area contributed by atoms with Gasteiger partial charge in [-0.15, -0.1) is 0 Å². The largest absolute Gasteiger partial charge is 0.378 e. The standard InChI is InChI=1S/C12H27NO4S/c1-3-4-5-6-7-12(2)17-9-8-16-10-11-18(13,14)15/h12H,3-11H2,1-2H3,(H2,13,14,15). The van der Waals surface area contributed by atoms with Gasteiger partial charge in [0.15, 0.2) is 0 Å². The number of nitrogens with two attached hydrogens (primary N) is 1. The summed E-state index contributed by atoms with van der Waals surface area (Å²) in [4.78, 5) is 0. The third-order valence-corrected chi connectivity index (χ3v) is 3.34. The van der Waals surface area contributed by atoms with Crippen molar-refractivity contribution >= 4 is 10.0 Å². The van der Waals surface area contributed by atoms with Crippen LogP contribution in [0.4, 0.5) is 0 Å². The minimum atomic E-state index is -3.41. The smallest absolute Gasteiger partial charge is 0.211 e. The van der Waals surface area contributed by atoms with Crippen LogP contribution in [0.25, 0.3) is 0 Å². The molecule has 18 heavy (non-hydrogen) atoms. The highest BCUT2D eigenvalue weighted by molar-refractivity contribution is 7.89. The molecule has 0 fully saturated rings. The summed E-state index contributed by atoms with van der Waals surface area (Å²) in [6, 6.07) is 0. The van der Waals surface area contributed by atoms with E-state index in [0.717, 1.165) is 6.42 Å². The van der Waals surface area contributed by atoms with Crippen molar-refractivity contribution in [3.63, 3.8) is 0 Å². The van der Waals surface area contributed by atoms with Gasteiger partial charge in [0.25, 0.3) is 0 Å². The highest BCUT2D eigenvalue weighted by Gasteiger charge is 2.03. The number of sulfonamides is 1. The van der Waals surface area contributed by atoms with Crippen molar-refractivity contribution in [1.29, 1.82) is 0 Å². The Kier molecular flexibility index (Phi) is 10.6. The molecule has 0 aliphatic carbocycles. The fourth-order valence-corrected chi connectivity index (χ4v) is 1.88. The van der Waals surface area contributed by atoms with Gasteiger partial charge in [0, 0.05) is 0 Å². The molecule has 0 aromatic heterocycles. The van der Waals surface area contributed by atoms with Gasteiger partial charge in [0.2, 0.25) is 10.0 Å². The average Bonchev–Trinajstić information content (AvgIpc) is 2.28. The predicted octanol–water partition coefficient (Wildman–Crippen LogP) is 1.67. The third-order valence-electron chi connectivity index (χ3n) is 2.61. The molecule has 0 radical (unpaired) electrons. The number of primary sulfonamides is 1. The summed E-state index contributed by atoms with van der Waals surface area (Å²) in [7, 11) is -3.41. The molecule has 6 heteroatoms. The van der Waals surface area contributed by atoms with E-state index >= 15 is 0 Å². The van der Waals surface area contributed by atoms with Crippen LogP contribution in [0.2, 0.25) is 0 Å². The summed E-state index contributed by atoms with van der Waals surface area (Å²) in [5.74, 6) is -0.139. The molecule has 110 valence electrons. The van der Waals surface area contributed by atoms with Crippen LogP contribution in [0, 0.1) is 0 Å². The second-order valence-electron chi connectivity index (χ2n) is 4.51. The lowest BCUT2D eigenvalue weighted by Crippen LogP contribution is -2.21. The van der Waals surface area contributed by atoms with Crippen LogP contribution in [0.15, 0.2) is 0 Å². The number of hydrogen-bond donors (Lipinski definition) is 1. The van der Waals surface area contributed by atoms with Crippen LogP contribution < -0.4 is 5.14 Å². The summed E-state index contributed by atoms with van der Waals surface area (Å²) in [6.07, 6.45) is 6.29. The highest BCUT2D eigenvalue weighted by atomic mass is 32.2. The Bertz CT molecular complexity index is 280. The SMILES string of the molecule is CCCCCCC(C)OCCOCCS(N)(=O)=O. The molecule has 0 aromatic rings. The molecule has 0 aliphatic heterocycles. The molecule has 2 N–H and O–H groups in total. The first-order valence-corrected chi connectivity index (χ1v) is 8.37. The molecule has 0 saturated carbocycles. The Hall–Kier alpha value is -0.170. The Morgan fingerprint density at radius 3 is 2.44 bits per heavy atom. The van der Waals surface area contributed by atoms with Crippen molar-refractivity contribution in [1.82, 2.24) is 0 Å². The molecule has 0 saturated heterocycles. The number of hydrogen-bond acceptors (Lipinski definition) is 4. The lowest BCUT2D eigenvalue weighted by atomic mass is 10.1. The average molecular weight is 281 g/mol. The molecule has 0 aromatic carbocycles. The monoisotopic (exact) mass is 281 g/mol. The zero-order valence-corrected chi connectivity index (χ0v) is 12.4. The first kappa shape index (κ1) is 17.8. The maximum Gasteiger partial charge on any atom is 0.211 e. The van der Waals surface area contributed by atoms with Gasteiger partial charge in [-0.05, 0) is 13.3 Å². The van der Waals surface area contributed by atoms with Gasteiger partial charge in [-0.25, -0.2) is 13.6 Å². The highest BCUT2D eigenvalue weighted by Crippen LogP contribution is 2.07. The van der Waals surface area contributed by atoms with Crippen molar-refractivity contribution in [3.8, 4) is 0 Å². The second-order valence-corrected chi connectivity index (χ2v) is 6.24. The molecular weight excluding hydrogens is 254 g/mol. The van der Waals surface area contributed by atoms with Gasteiger partial charge in [0.05, 0.1) is 31.7 Å². The second kappa shape index (κ2) is 10.7. The molecule has 0 spiro atoms. The molecule has 0 amide bonds. The summed E-state index contributed by atoms with van der Waals surface area (Å²) in [5, 5.41) is 4.84. The van der Waals surface area contributed by atoms with Gasteiger partial charge < -0.3 is 9.47 Å². The molecule has 5 nitrogen and oxygen atoms in total. The minimum Gasteiger partial charge on any atom is -0.378 e. The molecular formula is C12H27NO4S. The van der Waals surface area contributed by atoms with Crippen LogP contribution in [0.3, 0.4) is 0 Å². The van der Waals surface area contributed by atoms with E-state index in [2.05, 4.69) is 13.8 Å². The summed E-state index contributed by atoms with van der Waals surface area (Å²) in [5.41, 5.74) is 0. The maximum absolute atomic E-state index is 10.6. The van der Waals surface area contributed by atoms with E-state index in [0.29, 0.717) is 13.2 Å². The number of ether oxygens (including phenoxy) is 2. The van der Waals surface area contributed by atoms with Crippen LogP contribution in [0.1, 0.15) is 46.0 Å². The molecule has 1 atom stereocenters. The van der Waals surface area contributed by atoms with E-state index in [1.54, 1.807) is 0 Å². The van der Waals surface area contributed by atoms with Crippen LogP contribution in [0.5, 0.6) is 0 Å². The molecule has 0 rings (SSSR count). The normalized spacial score (nSPS) is 13.7. The van der Waals surface area contributed by atoms with Crippen LogP contribution in [-0.2, 0) is 19.5 Å². The fraction of sp³-hybridized carbons (Fsp3) is 1.00. The van der Waals surface area contributed by atoms with E-state index < -0.39 is 10.0 Å². The maximum atomic E-state index is 10.6. The van der Waals surface area contributed by atoms with Crippen molar-refractivity contribution < 1.29 is 17.9 Å². The van der Waals surface area contributed by atoms with E-state index in [4.69, 9.17) is 14.6 Å². The van der Waals surface area contributed by atoms with E-state index in [1.165, 1.54) is 25.7 Å². The number of unbranched alkanes of at least 4 members (excludes halogenated alkanes) is 3. The minimum absolute atomic E-state index is 0.132. The topological polar surface area (TPSA) is 78.6 Å². The van der Waals surface area contributed by atoms with Gasteiger partial charge in [-0.3, -0.25) is 0 Å². The molecule has 1 unspecified atom stereocenters. The molecule has 0 bridgehead atoms. The van der Waals surface area contributed by atoms with E-state index in [-0.39, 0.29) is 18.5 Å². The van der Waals surface area contributed by atoms with Gasteiger partial charge in [-0.2, -0.15) is 0 Å². The van der Waals surface area contributed by atoms with Crippen molar-refractivity contribution in [2.45, 2.75) is 52.1 Å². The first-order chi connectivity index (χ1) is 8.45. The van der Waals surface area contributed by atoms with Gasteiger partial charge in [0.1, 0.15) is 0 Å². The van der Waals surface area contributed by atoms with Crippen molar-refractivity contribution in [3.05, 3.63) is 0 Å². The van der Waals surface area contributed by atoms with Gasteiger partial charge >= 0.3 is 0 Å². The molecule has 0 heterocycles. The first-order valence-electron chi connectivity index (χ1n) is 6.65. The lowest BCUT2D eigenvalue weighted by Gasteiger charge is -2.12. The van der Waals surface area contributed by atoms with E-state index in [9.17, 15) is 8.42 Å². The van der Waals surface area contributed by atoms with Crippen molar-refractivity contribution in [2.24, 2.45) is 5.14 Å². The van der Waals surface area contributed by atoms with Crippen LogP contribution in [-0.4, -0.2) is 40.1 Å². The molecule has 0 aliphatic rings. The number of rotatable bonds is 12.